The van der Waals surface area contributed by atoms with E-state index in [0.29, 0.717) is 12.0 Å². The van der Waals surface area contributed by atoms with Gasteiger partial charge in [0, 0.05) is 18.6 Å². The number of rotatable bonds is 5. The van der Waals surface area contributed by atoms with Crippen molar-refractivity contribution in [2.75, 3.05) is 6.54 Å². The van der Waals surface area contributed by atoms with Crippen LogP contribution in [0.25, 0.3) is 0 Å². The van der Waals surface area contributed by atoms with Crippen molar-refractivity contribution in [3.05, 3.63) is 59.9 Å². The molecule has 94 valence electrons. The fourth-order valence-corrected chi connectivity index (χ4v) is 1.90. The molecule has 0 radical (unpaired) electrons. The van der Waals surface area contributed by atoms with Gasteiger partial charge in [0.15, 0.2) is 0 Å². The molecule has 0 amide bonds. The normalized spacial score (nSPS) is 12.3. The van der Waals surface area contributed by atoms with E-state index in [-0.39, 0.29) is 11.9 Å². The van der Waals surface area contributed by atoms with Gasteiger partial charge in [-0.2, -0.15) is 0 Å². The van der Waals surface area contributed by atoms with Crippen molar-refractivity contribution in [2.45, 2.75) is 19.4 Å². The van der Waals surface area contributed by atoms with E-state index >= 15 is 0 Å². The number of aromatic nitrogens is 2. The summed E-state index contributed by atoms with van der Waals surface area (Å²) in [5.74, 6) is -0.177. The highest BCUT2D eigenvalue weighted by atomic mass is 19.1. The zero-order chi connectivity index (χ0) is 12.8. The summed E-state index contributed by atoms with van der Waals surface area (Å²) >= 11 is 0. The van der Waals surface area contributed by atoms with E-state index in [1.54, 1.807) is 30.7 Å². The molecule has 0 bridgehead atoms. The number of likely N-dealkylation sites (N-methyl/N-ethyl adjacent to an activating group) is 1. The lowest BCUT2D eigenvalue weighted by molar-refractivity contribution is 0.516. The molecule has 0 aliphatic rings. The summed E-state index contributed by atoms with van der Waals surface area (Å²) in [4.78, 5) is 8.33. The van der Waals surface area contributed by atoms with E-state index in [1.807, 2.05) is 13.0 Å². The SMILES string of the molecule is CCNC(Cc1ccccc1F)c1cnccn1. The van der Waals surface area contributed by atoms with E-state index in [9.17, 15) is 4.39 Å². The van der Waals surface area contributed by atoms with Gasteiger partial charge in [-0.25, -0.2) is 4.39 Å². The van der Waals surface area contributed by atoms with Crippen molar-refractivity contribution >= 4 is 0 Å². The van der Waals surface area contributed by atoms with Gasteiger partial charge in [-0.3, -0.25) is 9.97 Å². The molecule has 0 saturated heterocycles. The van der Waals surface area contributed by atoms with Crippen molar-refractivity contribution in [1.82, 2.24) is 15.3 Å². The van der Waals surface area contributed by atoms with Crippen LogP contribution in [0.5, 0.6) is 0 Å². The maximum atomic E-state index is 13.6. The monoisotopic (exact) mass is 245 g/mol. The van der Waals surface area contributed by atoms with Gasteiger partial charge in [-0.1, -0.05) is 25.1 Å². The molecule has 2 rings (SSSR count). The highest BCUT2D eigenvalue weighted by Gasteiger charge is 2.14. The first-order chi connectivity index (χ1) is 8.81. The first-order valence-electron chi connectivity index (χ1n) is 6.04. The Bertz CT molecular complexity index is 487. The van der Waals surface area contributed by atoms with Gasteiger partial charge in [0.1, 0.15) is 5.82 Å². The molecule has 0 saturated carbocycles. The minimum Gasteiger partial charge on any atom is -0.309 e. The third-order valence-electron chi connectivity index (χ3n) is 2.77. The minimum absolute atomic E-state index is 0.0133. The zero-order valence-electron chi connectivity index (χ0n) is 10.3. The molecular formula is C14H16FN3. The zero-order valence-corrected chi connectivity index (χ0v) is 10.3. The van der Waals surface area contributed by atoms with E-state index in [2.05, 4.69) is 15.3 Å². The van der Waals surface area contributed by atoms with E-state index in [0.717, 1.165) is 12.2 Å². The second kappa shape index (κ2) is 6.21. The summed E-state index contributed by atoms with van der Waals surface area (Å²) < 4.78 is 13.6. The largest absolute Gasteiger partial charge is 0.309 e. The van der Waals surface area contributed by atoms with Gasteiger partial charge >= 0.3 is 0 Å². The molecule has 1 N–H and O–H groups in total. The standard InChI is InChI=1S/C14H16FN3/c1-2-17-13(14-10-16-7-8-18-14)9-11-5-3-4-6-12(11)15/h3-8,10,13,17H,2,9H2,1H3. The Balaban J connectivity index is 2.19. The lowest BCUT2D eigenvalue weighted by Gasteiger charge is -2.17. The van der Waals surface area contributed by atoms with Gasteiger partial charge in [0.25, 0.3) is 0 Å². The summed E-state index contributed by atoms with van der Waals surface area (Å²) in [7, 11) is 0. The highest BCUT2D eigenvalue weighted by molar-refractivity contribution is 5.20. The summed E-state index contributed by atoms with van der Waals surface area (Å²) in [6.45, 7) is 2.82. The van der Waals surface area contributed by atoms with Gasteiger partial charge in [-0.15, -0.1) is 0 Å². The Morgan fingerprint density at radius 1 is 1.28 bits per heavy atom. The van der Waals surface area contributed by atoms with Crippen LogP contribution in [0.2, 0.25) is 0 Å². The predicted molar refractivity (Wildman–Crippen MR) is 68.6 cm³/mol. The lowest BCUT2D eigenvalue weighted by Crippen LogP contribution is -2.24. The molecule has 1 aromatic carbocycles. The molecule has 4 heteroatoms. The van der Waals surface area contributed by atoms with E-state index < -0.39 is 0 Å². The second-order valence-electron chi connectivity index (χ2n) is 4.04. The Hall–Kier alpha value is -1.81. The number of nitrogens with one attached hydrogen (secondary N) is 1. The lowest BCUT2D eigenvalue weighted by atomic mass is 10.0. The van der Waals surface area contributed by atoms with Gasteiger partial charge in [0.2, 0.25) is 0 Å². The molecule has 1 atom stereocenters. The number of halogens is 1. The number of hydrogen-bond acceptors (Lipinski definition) is 3. The molecule has 1 heterocycles. The van der Waals surface area contributed by atoms with Crippen molar-refractivity contribution in [3.8, 4) is 0 Å². The van der Waals surface area contributed by atoms with E-state index in [4.69, 9.17) is 0 Å². The average Bonchev–Trinajstić information content (AvgIpc) is 2.42. The molecule has 0 aliphatic carbocycles. The van der Waals surface area contributed by atoms with Crippen molar-refractivity contribution < 1.29 is 4.39 Å². The molecule has 18 heavy (non-hydrogen) atoms. The summed E-state index contributed by atoms with van der Waals surface area (Å²) in [6, 6.07) is 6.81. The summed E-state index contributed by atoms with van der Waals surface area (Å²) in [5, 5.41) is 3.31. The van der Waals surface area contributed by atoms with Crippen LogP contribution in [-0.4, -0.2) is 16.5 Å². The molecule has 0 fully saturated rings. The first kappa shape index (κ1) is 12.6. The Morgan fingerprint density at radius 2 is 2.11 bits per heavy atom. The predicted octanol–water partition coefficient (Wildman–Crippen LogP) is 2.51. The molecule has 2 aromatic rings. The van der Waals surface area contributed by atoms with Crippen LogP contribution in [0.4, 0.5) is 4.39 Å². The van der Waals surface area contributed by atoms with E-state index in [1.165, 1.54) is 6.07 Å². The number of hydrogen-bond donors (Lipinski definition) is 1. The molecular weight excluding hydrogens is 229 g/mol. The second-order valence-corrected chi connectivity index (χ2v) is 4.04. The van der Waals surface area contributed by atoms with Gasteiger partial charge in [0.05, 0.1) is 11.7 Å². The molecule has 0 aliphatic heterocycles. The van der Waals surface area contributed by atoms with Crippen LogP contribution in [-0.2, 0) is 6.42 Å². The van der Waals surface area contributed by atoms with Crippen LogP contribution in [0.15, 0.2) is 42.9 Å². The first-order valence-corrected chi connectivity index (χ1v) is 6.04. The van der Waals surface area contributed by atoms with Crippen LogP contribution in [0.3, 0.4) is 0 Å². The highest BCUT2D eigenvalue weighted by Crippen LogP contribution is 2.17. The average molecular weight is 245 g/mol. The van der Waals surface area contributed by atoms with Crippen LogP contribution in [0.1, 0.15) is 24.2 Å². The molecule has 1 aromatic heterocycles. The Kier molecular flexibility index (Phi) is 4.36. The van der Waals surface area contributed by atoms with Crippen molar-refractivity contribution in [1.29, 1.82) is 0 Å². The van der Waals surface area contributed by atoms with Crippen LogP contribution in [0, 0.1) is 5.82 Å². The maximum Gasteiger partial charge on any atom is 0.126 e. The molecule has 0 spiro atoms. The Labute approximate surface area is 106 Å². The van der Waals surface area contributed by atoms with Crippen LogP contribution < -0.4 is 5.32 Å². The third-order valence-corrected chi connectivity index (χ3v) is 2.77. The fraction of sp³-hybridized carbons (Fsp3) is 0.286. The topological polar surface area (TPSA) is 37.8 Å². The van der Waals surface area contributed by atoms with Crippen LogP contribution >= 0.6 is 0 Å². The number of benzene rings is 1. The molecule has 3 nitrogen and oxygen atoms in total. The minimum atomic E-state index is -0.177. The smallest absolute Gasteiger partial charge is 0.126 e. The van der Waals surface area contributed by atoms with Gasteiger partial charge in [-0.05, 0) is 24.6 Å². The summed E-state index contributed by atoms with van der Waals surface area (Å²) in [5.41, 5.74) is 1.52. The number of nitrogens with zero attached hydrogens (tertiary/aromatic N) is 2. The van der Waals surface area contributed by atoms with Crippen molar-refractivity contribution in [2.24, 2.45) is 0 Å². The maximum absolute atomic E-state index is 13.6. The third kappa shape index (κ3) is 3.11. The summed E-state index contributed by atoms with van der Waals surface area (Å²) in [6.07, 6.45) is 5.57. The molecule has 1 unspecified atom stereocenters. The Morgan fingerprint density at radius 3 is 2.78 bits per heavy atom. The van der Waals surface area contributed by atoms with Gasteiger partial charge < -0.3 is 5.32 Å². The van der Waals surface area contributed by atoms with Crippen molar-refractivity contribution in [3.63, 3.8) is 0 Å². The quantitative estimate of drug-likeness (QED) is 0.879. The fourth-order valence-electron chi connectivity index (χ4n) is 1.90.